The van der Waals surface area contributed by atoms with Crippen LogP contribution < -0.4 is 5.32 Å². The van der Waals surface area contributed by atoms with E-state index in [-0.39, 0.29) is 12.5 Å². The minimum absolute atomic E-state index is 0.00346. The summed E-state index contributed by atoms with van der Waals surface area (Å²) in [5.74, 6) is -1.90. The number of hydrogen-bond acceptors (Lipinski definition) is 4. The molecule has 0 fully saturated rings. The third-order valence-corrected chi connectivity index (χ3v) is 3.44. The fourth-order valence-corrected chi connectivity index (χ4v) is 1.90. The van der Waals surface area contributed by atoms with Gasteiger partial charge in [0.2, 0.25) is 5.91 Å². The highest BCUT2D eigenvalue weighted by Crippen LogP contribution is 2.14. The Balaban J connectivity index is 1.96. The molecule has 116 valence electrons. The SMILES string of the molecule is CC(NC(=O)Cn1cc(-c2ccccc2)nn1)C(C)C(=O)O. The van der Waals surface area contributed by atoms with E-state index in [4.69, 9.17) is 5.11 Å². The Morgan fingerprint density at radius 2 is 1.95 bits per heavy atom. The molecule has 7 nitrogen and oxygen atoms in total. The Morgan fingerprint density at radius 3 is 2.59 bits per heavy atom. The summed E-state index contributed by atoms with van der Waals surface area (Å²) in [5, 5.41) is 19.5. The number of carboxylic acid groups (broad SMARTS) is 1. The maximum atomic E-state index is 11.9. The zero-order valence-corrected chi connectivity index (χ0v) is 12.4. The molecule has 2 rings (SSSR count). The van der Waals surface area contributed by atoms with Crippen LogP contribution in [0.2, 0.25) is 0 Å². The van der Waals surface area contributed by atoms with Crippen molar-refractivity contribution in [2.45, 2.75) is 26.4 Å². The van der Waals surface area contributed by atoms with Crippen molar-refractivity contribution in [3.8, 4) is 11.3 Å². The standard InChI is InChI=1S/C15H18N4O3/c1-10(15(21)22)11(2)16-14(20)9-19-8-13(17-18-19)12-6-4-3-5-7-12/h3-8,10-11H,9H2,1-2H3,(H,16,20)(H,21,22). The second-order valence-electron chi connectivity index (χ2n) is 5.15. The Labute approximate surface area is 128 Å². The third-order valence-electron chi connectivity index (χ3n) is 3.44. The summed E-state index contributed by atoms with van der Waals surface area (Å²) in [4.78, 5) is 22.8. The van der Waals surface area contributed by atoms with Crippen LogP contribution in [0.15, 0.2) is 36.5 Å². The maximum Gasteiger partial charge on any atom is 0.308 e. The largest absolute Gasteiger partial charge is 0.481 e. The number of nitrogens with zero attached hydrogens (tertiary/aromatic N) is 3. The summed E-state index contributed by atoms with van der Waals surface area (Å²) in [6.45, 7) is 3.21. The number of benzene rings is 1. The first kappa shape index (κ1) is 15.7. The number of rotatable bonds is 6. The molecular weight excluding hydrogens is 284 g/mol. The molecule has 0 aliphatic rings. The van der Waals surface area contributed by atoms with Gasteiger partial charge in [-0.1, -0.05) is 35.5 Å². The molecule has 2 aromatic rings. The van der Waals surface area contributed by atoms with Gasteiger partial charge < -0.3 is 10.4 Å². The molecular formula is C15H18N4O3. The molecule has 7 heteroatoms. The zero-order valence-electron chi connectivity index (χ0n) is 12.4. The second kappa shape index (κ2) is 6.84. The summed E-state index contributed by atoms with van der Waals surface area (Å²) in [6, 6.07) is 9.07. The van der Waals surface area contributed by atoms with Crippen molar-refractivity contribution in [1.29, 1.82) is 0 Å². The van der Waals surface area contributed by atoms with Crippen LogP contribution in [0, 0.1) is 5.92 Å². The van der Waals surface area contributed by atoms with Crippen molar-refractivity contribution >= 4 is 11.9 Å². The number of aromatic nitrogens is 3. The van der Waals surface area contributed by atoms with Crippen LogP contribution in [0.4, 0.5) is 0 Å². The molecule has 0 saturated heterocycles. The summed E-state index contributed by atoms with van der Waals surface area (Å²) >= 11 is 0. The first-order valence-corrected chi connectivity index (χ1v) is 6.95. The predicted octanol–water partition coefficient (Wildman–Crippen LogP) is 1.17. The van der Waals surface area contributed by atoms with Crippen LogP contribution in [0.1, 0.15) is 13.8 Å². The first-order valence-electron chi connectivity index (χ1n) is 6.95. The highest BCUT2D eigenvalue weighted by atomic mass is 16.4. The molecule has 0 spiro atoms. The molecule has 1 aromatic heterocycles. The van der Waals surface area contributed by atoms with Crippen LogP contribution in [-0.4, -0.2) is 38.0 Å². The average molecular weight is 302 g/mol. The minimum Gasteiger partial charge on any atom is -0.481 e. The molecule has 1 aromatic carbocycles. The molecule has 1 heterocycles. The van der Waals surface area contributed by atoms with Crippen LogP contribution in [0.25, 0.3) is 11.3 Å². The van der Waals surface area contributed by atoms with E-state index in [2.05, 4.69) is 15.6 Å². The molecule has 2 N–H and O–H groups in total. The highest BCUT2D eigenvalue weighted by molar-refractivity contribution is 5.77. The number of amides is 1. The summed E-state index contributed by atoms with van der Waals surface area (Å²) in [7, 11) is 0. The maximum absolute atomic E-state index is 11.9. The van der Waals surface area contributed by atoms with Crippen LogP contribution >= 0.6 is 0 Å². The van der Waals surface area contributed by atoms with Gasteiger partial charge in [0, 0.05) is 11.6 Å². The van der Waals surface area contributed by atoms with E-state index < -0.39 is 17.9 Å². The van der Waals surface area contributed by atoms with Gasteiger partial charge in [-0.15, -0.1) is 5.10 Å². The second-order valence-corrected chi connectivity index (χ2v) is 5.15. The van der Waals surface area contributed by atoms with Crippen molar-refractivity contribution in [3.05, 3.63) is 36.5 Å². The topological polar surface area (TPSA) is 97.1 Å². The number of carbonyl (C=O) groups is 2. The smallest absolute Gasteiger partial charge is 0.308 e. The first-order chi connectivity index (χ1) is 10.5. The summed E-state index contributed by atoms with van der Waals surface area (Å²) < 4.78 is 1.43. The fraction of sp³-hybridized carbons (Fsp3) is 0.333. The van der Waals surface area contributed by atoms with Gasteiger partial charge in [0.05, 0.1) is 12.1 Å². The highest BCUT2D eigenvalue weighted by Gasteiger charge is 2.21. The Bertz CT molecular complexity index is 654. The van der Waals surface area contributed by atoms with Crippen LogP contribution in [-0.2, 0) is 16.1 Å². The van der Waals surface area contributed by atoms with E-state index >= 15 is 0 Å². The number of hydrogen-bond donors (Lipinski definition) is 2. The van der Waals surface area contributed by atoms with Crippen molar-refractivity contribution in [3.63, 3.8) is 0 Å². The molecule has 2 atom stereocenters. The molecule has 0 radical (unpaired) electrons. The monoisotopic (exact) mass is 302 g/mol. The van der Waals surface area contributed by atoms with Gasteiger partial charge in [-0.3, -0.25) is 9.59 Å². The lowest BCUT2D eigenvalue weighted by Crippen LogP contribution is -2.41. The van der Waals surface area contributed by atoms with Gasteiger partial charge in [0.15, 0.2) is 0 Å². The molecule has 0 aliphatic heterocycles. The van der Waals surface area contributed by atoms with Gasteiger partial charge in [-0.25, -0.2) is 4.68 Å². The van der Waals surface area contributed by atoms with E-state index in [0.717, 1.165) is 5.56 Å². The van der Waals surface area contributed by atoms with E-state index in [9.17, 15) is 9.59 Å². The molecule has 0 aliphatic carbocycles. The fourth-order valence-electron chi connectivity index (χ4n) is 1.90. The van der Waals surface area contributed by atoms with Crippen LogP contribution in [0.5, 0.6) is 0 Å². The third kappa shape index (κ3) is 3.91. The van der Waals surface area contributed by atoms with E-state index in [0.29, 0.717) is 5.69 Å². The van der Waals surface area contributed by atoms with Gasteiger partial charge in [0.25, 0.3) is 0 Å². The summed E-state index contributed by atoms with van der Waals surface area (Å²) in [6.07, 6.45) is 1.68. The van der Waals surface area contributed by atoms with E-state index in [1.807, 2.05) is 30.3 Å². The number of aliphatic carboxylic acids is 1. The number of nitrogens with one attached hydrogen (secondary N) is 1. The van der Waals surface area contributed by atoms with Gasteiger partial charge in [-0.2, -0.15) is 0 Å². The molecule has 2 unspecified atom stereocenters. The van der Waals surface area contributed by atoms with Gasteiger partial charge >= 0.3 is 5.97 Å². The van der Waals surface area contributed by atoms with Gasteiger partial charge in [-0.05, 0) is 13.8 Å². The minimum atomic E-state index is -0.945. The van der Waals surface area contributed by atoms with E-state index in [1.54, 1.807) is 20.0 Å². The Morgan fingerprint density at radius 1 is 1.27 bits per heavy atom. The molecule has 0 bridgehead atoms. The molecule has 0 saturated carbocycles. The quantitative estimate of drug-likeness (QED) is 0.835. The molecule has 22 heavy (non-hydrogen) atoms. The van der Waals surface area contributed by atoms with Gasteiger partial charge in [0.1, 0.15) is 12.2 Å². The van der Waals surface area contributed by atoms with Crippen molar-refractivity contribution in [2.24, 2.45) is 5.92 Å². The van der Waals surface area contributed by atoms with Crippen molar-refractivity contribution < 1.29 is 14.7 Å². The lowest BCUT2D eigenvalue weighted by molar-refractivity contribution is -0.142. The van der Waals surface area contributed by atoms with E-state index in [1.165, 1.54) is 4.68 Å². The zero-order chi connectivity index (χ0) is 16.1. The lowest BCUT2D eigenvalue weighted by Gasteiger charge is -2.17. The molecule has 1 amide bonds. The lowest BCUT2D eigenvalue weighted by atomic mass is 10.0. The average Bonchev–Trinajstić information content (AvgIpc) is 2.95. The number of carbonyl (C=O) groups excluding carboxylic acids is 1. The van der Waals surface area contributed by atoms with Crippen LogP contribution in [0.3, 0.4) is 0 Å². The Hall–Kier alpha value is -2.70. The number of carboxylic acids is 1. The van der Waals surface area contributed by atoms with Crippen molar-refractivity contribution in [1.82, 2.24) is 20.3 Å². The Kier molecular flexibility index (Phi) is 4.88. The predicted molar refractivity (Wildman–Crippen MR) is 79.9 cm³/mol. The van der Waals surface area contributed by atoms with Crippen molar-refractivity contribution in [2.75, 3.05) is 0 Å². The normalized spacial score (nSPS) is 13.4. The summed E-state index contributed by atoms with van der Waals surface area (Å²) in [5.41, 5.74) is 1.60.